The Labute approximate surface area is 172 Å². The second kappa shape index (κ2) is 8.33. The average molecular weight is 421 g/mol. The van der Waals surface area contributed by atoms with Crippen molar-refractivity contribution in [1.29, 1.82) is 0 Å². The van der Waals surface area contributed by atoms with Gasteiger partial charge in [0.15, 0.2) is 11.6 Å². The molecule has 6 nitrogen and oxygen atoms in total. The van der Waals surface area contributed by atoms with Gasteiger partial charge in [-0.05, 0) is 43.2 Å². The first kappa shape index (κ1) is 21.6. The Kier molecular flexibility index (Phi) is 6.00. The number of hydrogen-bond acceptors (Lipinski definition) is 4. The number of ether oxygens (including phenoxy) is 1. The highest BCUT2D eigenvalue weighted by atomic mass is 19.4. The first-order valence-electron chi connectivity index (χ1n) is 9.57. The molecule has 1 aliphatic heterocycles. The molecule has 2 heterocycles. The molecule has 0 aliphatic carbocycles. The standard InChI is InChI=1S/C21H22F3N3O3/c1-3-4-12-27-17-16(6-5-11-25-17)30-20(2,19(27)29)18(28)26-13-14-7-9-15(10-8-14)21(22,23)24/h5-11H,3-4,12-13H2,1-2H3,(H,26,28). The molecule has 1 aromatic carbocycles. The lowest BCUT2D eigenvalue weighted by Crippen LogP contribution is -2.62. The zero-order valence-electron chi connectivity index (χ0n) is 16.6. The van der Waals surface area contributed by atoms with E-state index in [0.717, 1.165) is 25.0 Å². The molecule has 2 amide bonds. The highest BCUT2D eigenvalue weighted by molar-refractivity contribution is 6.16. The molecule has 3 rings (SSSR count). The summed E-state index contributed by atoms with van der Waals surface area (Å²) in [6.07, 6.45) is -1.31. The number of unbranched alkanes of at least 4 members (excludes halogenated alkanes) is 1. The third-order valence-corrected chi connectivity index (χ3v) is 4.88. The summed E-state index contributed by atoms with van der Waals surface area (Å²) in [6, 6.07) is 7.73. The molecule has 9 heteroatoms. The fraction of sp³-hybridized carbons (Fsp3) is 0.381. The van der Waals surface area contributed by atoms with Gasteiger partial charge in [0.2, 0.25) is 0 Å². The number of alkyl halides is 3. The number of fused-ring (bicyclic) bond motifs is 1. The Morgan fingerprint density at radius 3 is 2.57 bits per heavy atom. The summed E-state index contributed by atoms with van der Waals surface area (Å²) in [5.74, 6) is -0.528. The fourth-order valence-electron chi connectivity index (χ4n) is 3.11. The number of anilines is 1. The summed E-state index contributed by atoms with van der Waals surface area (Å²) in [7, 11) is 0. The zero-order chi connectivity index (χ0) is 21.9. The number of nitrogens with zero attached hydrogens (tertiary/aromatic N) is 2. The van der Waals surface area contributed by atoms with Gasteiger partial charge >= 0.3 is 6.18 Å². The third-order valence-electron chi connectivity index (χ3n) is 4.88. The number of carbonyl (C=O) groups excluding carboxylic acids is 2. The van der Waals surface area contributed by atoms with E-state index < -0.39 is 29.2 Å². The highest BCUT2D eigenvalue weighted by Gasteiger charge is 2.51. The van der Waals surface area contributed by atoms with Crippen LogP contribution in [-0.4, -0.2) is 28.9 Å². The minimum Gasteiger partial charge on any atom is -0.464 e. The van der Waals surface area contributed by atoms with Crippen LogP contribution in [0.3, 0.4) is 0 Å². The van der Waals surface area contributed by atoms with Gasteiger partial charge in [0.25, 0.3) is 17.4 Å². The summed E-state index contributed by atoms with van der Waals surface area (Å²) in [5, 5.41) is 2.59. The Balaban J connectivity index is 1.76. The van der Waals surface area contributed by atoms with E-state index in [1.807, 2.05) is 6.92 Å². The molecule has 30 heavy (non-hydrogen) atoms. The normalized spacial score (nSPS) is 18.6. The van der Waals surface area contributed by atoms with Crippen LogP contribution in [0.4, 0.5) is 19.0 Å². The summed E-state index contributed by atoms with van der Waals surface area (Å²) >= 11 is 0. The molecule has 0 saturated carbocycles. The SMILES string of the molecule is CCCCN1C(=O)C(C)(C(=O)NCc2ccc(C(F)(F)F)cc2)Oc2cccnc21. The minimum absolute atomic E-state index is 0.0436. The van der Waals surface area contributed by atoms with Gasteiger partial charge in [0, 0.05) is 19.3 Å². The van der Waals surface area contributed by atoms with E-state index >= 15 is 0 Å². The molecule has 2 aromatic rings. The molecule has 160 valence electrons. The van der Waals surface area contributed by atoms with Crippen molar-refractivity contribution >= 4 is 17.6 Å². The lowest BCUT2D eigenvalue weighted by Gasteiger charge is -2.38. The highest BCUT2D eigenvalue weighted by Crippen LogP contribution is 2.36. The number of rotatable bonds is 6. The van der Waals surface area contributed by atoms with Gasteiger partial charge in [0.1, 0.15) is 0 Å². The maximum absolute atomic E-state index is 13.1. The summed E-state index contributed by atoms with van der Waals surface area (Å²) in [4.78, 5) is 31.6. The summed E-state index contributed by atoms with van der Waals surface area (Å²) in [6.45, 7) is 3.72. The van der Waals surface area contributed by atoms with Crippen LogP contribution in [-0.2, 0) is 22.3 Å². The maximum Gasteiger partial charge on any atom is 0.416 e. The smallest absolute Gasteiger partial charge is 0.416 e. The van der Waals surface area contributed by atoms with E-state index in [1.165, 1.54) is 24.0 Å². The number of nitrogens with one attached hydrogen (secondary N) is 1. The number of carbonyl (C=O) groups is 2. The van der Waals surface area contributed by atoms with Crippen molar-refractivity contribution in [2.24, 2.45) is 0 Å². The number of halogens is 3. The van der Waals surface area contributed by atoms with Crippen molar-refractivity contribution in [3.63, 3.8) is 0 Å². The molecular formula is C21H22F3N3O3. The third kappa shape index (κ3) is 4.24. The second-order valence-electron chi connectivity index (χ2n) is 7.15. The van der Waals surface area contributed by atoms with Crippen molar-refractivity contribution in [2.75, 3.05) is 11.4 Å². The predicted molar refractivity (Wildman–Crippen MR) is 104 cm³/mol. The van der Waals surface area contributed by atoms with Crippen LogP contribution in [0.2, 0.25) is 0 Å². The molecule has 1 N–H and O–H groups in total. The van der Waals surface area contributed by atoms with E-state index in [2.05, 4.69) is 10.3 Å². The Morgan fingerprint density at radius 1 is 1.23 bits per heavy atom. The van der Waals surface area contributed by atoms with Gasteiger partial charge in [-0.2, -0.15) is 13.2 Å². The van der Waals surface area contributed by atoms with Gasteiger partial charge < -0.3 is 10.1 Å². The average Bonchev–Trinajstić information content (AvgIpc) is 2.72. The molecule has 0 fully saturated rings. The van der Waals surface area contributed by atoms with Crippen molar-refractivity contribution in [3.8, 4) is 5.75 Å². The molecule has 1 aliphatic rings. The van der Waals surface area contributed by atoms with Gasteiger partial charge in [-0.25, -0.2) is 4.98 Å². The molecule has 1 atom stereocenters. The number of hydrogen-bond donors (Lipinski definition) is 1. The molecular weight excluding hydrogens is 399 g/mol. The molecule has 1 unspecified atom stereocenters. The van der Waals surface area contributed by atoms with Crippen LogP contribution in [0.25, 0.3) is 0 Å². The Morgan fingerprint density at radius 2 is 1.93 bits per heavy atom. The van der Waals surface area contributed by atoms with E-state index in [-0.39, 0.29) is 6.54 Å². The molecule has 0 spiro atoms. The summed E-state index contributed by atoms with van der Waals surface area (Å²) < 4.78 is 43.8. The minimum atomic E-state index is -4.43. The fourth-order valence-corrected chi connectivity index (χ4v) is 3.11. The molecule has 0 radical (unpaired) electrons. The Bertz CT molecular complexity index is 931. The maximum atomic E-state index is 13.1. The quantitative estimate of drug-likeness (QED) is 0.722. The van der Waals surface area contributed by atoms with Crippen LogP contribution < -0.4 is 15.0 Å². The lowest BCUT2D eigenvalue weighted by atomic mass is 10.0. The Hall–Kier alpha value is -3.10. The predicted octanol–water partition coefficient (Wildman–Crippen LogP) is 3.70. The van der Waals surface area contributed by atoms with Crippen LogP contribution >= 0.6 is 0 Å². The van der Waals surface area contributed by atoms with Crippen molar-refractivity contribution in [2.45, 2.75) is 45.0 Å². The molecule has 0 bridgehead atoms. The van der Waals surface area contributed by atoms with Crippen molar-refractivity contribution in [3.05, 3.63) is 53.7 Å². The first-order valence-corrected chi connectivity index (χ1v) is 9.57. The zero-order valence-corrected chi connectivity index (χ0v) is 16.6. The monoisotopic (exact) mass is 421 g/mol. The van der Waals surface area contributed by atoms with E-state index in [1.54, 1.807) is 18.3 Å². The van der Waals surface area contributed by atoms with Crippen LogP contribution in [0.1, 0.15) is 37.8 Å². The van der Waals surface area contributed by atoms with Crippen LogP contribution in [0.15, 0.2) is 42.6 Å². The van der Waals surface area contributed by atoms with Gasteiger partial charge in [-0.3, -0.25) is 14.5 Å². The molecule has 0 saturated heterocycles. The molecule has 1 aromatic heterocycles. The van der Waals surface area contributed by atoms with E-state index in [9.17, 15) is 22.8 Å². The summed E-state index contributed by atoms with van der Waals surface area (Å²) in [5.41, 5.74) is -2.12. The number of aromatic nitrogens is 1. The van der Waals surface area contributed by atoms with Crippen LogP contribution in [0.5, 0.6) is 5.75 Å². The van der Waals surface area contributed by atoms with Gasteiger partial charge in [-0.15, -0.1) is 0 Å². The van der Waals surface area contributed by atoms with Crippen molar-refractivity contribution in [1.82, 2.24) is 10.3 Å². The van der Waals surface area contributed by atoms with E-state index in [4.69, 9.17) is 4.74 Å². The van der Waals surface area contributed by atoms with Crippen molar-refractivity contribution < 1.29 is 27.5 Å². The topological polar surface area (TPSA) is 71.5 Å². The number of amides is 2. The number of pyridine rings is 1. The van der Waals surface area contributed by atoms with Crippen LogP contribution in [0, 0.1) is 0 Å². The first-order chi connectivity index (χ1) is 14.2. The van der Waals surface area contributed by atoms with Gasteiger partial charge in [-0.1, -0.05) is 25.5 Å². The second-order valence-corrected chi connectivity index (χ2v) is 7.15. The largest absolute Gasteiger partial charge is 0.464 e. The van der Waals surface area contributed by atoms with E-state index in [0.29, 0.717) is 23.7 Å². The lowest BCUT2D eigenvalue weighted by molar-refractivity contribution is -0.148. The van der Waals surface area contributed by atoms with Gasteiger partial charge in [0.05, 0.1) is 5.56 Å². The number of benzene rings is 1.